The van der Waals surface area contributed by atoms with Crippen LogP contribution in [0.15, 0.2) is 53.9 Å². The van der Waals surface area contributed by atoms with Gasteiger partial charge in [0.05, 0.1) is 30.7 Å². The molecule has 0 radical (unpaired) electrons. The highest BCUT2D eigenvalue weighted by Crippen LogP contribution is 2.38. The molecule has 0 spiro atoms. The van der Waals surface area contributed by atoms with E-state index >= 15 is 0 Å². The van der Waals surface area contributed by atoms with Gasteiger partial charge in [0.25, 0.3) is 0 Å². The number of nitrogens with zero attached hydrogens (tertiary/aromatic N) is 2. The molecular weight excluding hydrogens is 487 g/mol. The Morgan fingerprint density at radius 3 is 2.67 bits per heavy atom. The molecule has 1 aromatic heterocycles. The highest BCUT2D eigenvalue weighted by molar-refractivity contribution is 7.89. The van der Waals surface area contributed by atoms with Crippen molar-refractivity contribution >= 4 is 38.7 Å². The number of aliphatic hydroxyl groups is 1. The summed E-state index contributed by atoms with van der Waals surface area (Å²) in [5.41, 5.74) is 2.56. The SMILES string of the molecule is C=CCNS(=O)(=O)c1cc(Nc2nc3ccc(CO)cc3n2C2CCC(C(=O)OC)CC2)ccc1F. The van der Waals surface area contributed by atoms with Crippen molar-refractivity contribution in [2.45, 2.75) is 43.2 Å². The maximum Gasteiger partial charge on any atom is 0.308 e. The van der Waals surface area contributed by atoms with Crippen LogP contribution in [-0.2, 0) is 26.2 Å². The van der Waals surface area contributed by atoms with Crippen molar-refractivity contribution in [2.24, 2.45) is 5.92 Å². The predicted molar refractivity (Wildman–Crippen MR) is 134 cm³/mol. The normalized spacial score (nSPS) is 18.2. The van der Waals surface area contributed by atoms with Crippen molar-refractivity contribution in [3.05, 3.63) is 60.4 Å². The fraction of sp³-hybridized carbons (Fsp3) is 0.360. The number of nitrogens with one attached hydrogen (secondary N) is 2. The number of hydrogen-bond acceptors (Lipinski definition) is 7. The zero-order valence-electron chi connectivity index (χ0n) is 19.9. The molecule has 0 bridgehead atoms. The Morgan fingerprint density at radius 1 is 1.25 bits per heavy atom. The lowest BCUT2D eigenvalue weighted by Gasteiger charge is -2.29. The average Bonchev–Trinajstić information content (AvgIpc) is 3.24. The second kappa shape index (κ2) is 10.8. The minimum absolute atomic E-state index is 0.00487. The van der Waals surface area contributed by atoms with Crippen molar-refractivity contribution in [1.29, 1.82) is 0 Å². The molecule has 3 aromatic rings. The first-order chi connectivity index (χ1) is 17.3. The number of rotatable bonds is 9. The number of benzene rings is 2. The molecule has 0 aliphatic heterocycles. The summed E-state index contributed by atoms with van der Waals surface area (Å²) in [6, 6.07) is 9.21. The van der Waals surface area contributed by atoms with Gasteiger partial charge in [0.1, 0.15) is 10.7 Å². The number of esters is 1. The van der Waals surface area contributed by atoms with E-state index in [1.807, 2.05) is 16.7 Å². The van der Waals surface area contributed by atoms with E-state index in [1.54, 1.807) is 6.07 Å². The molecule has 11 heteroatoms. The fourth-order valence-electron chi connectivity index (χ4n) is 4.59. The van der Waals surface area contributed by atoms with Crippen molar-refractivity contribution < 1.29 is 27.4 Å². The van der Waals surface area contributed by atoms with Crippen LogP contribution in [0.4, 0.5) is 16.0 Å². The smallest absolute Gasteiger partial charge is 0.308 e. The third-order valence-corrected chi connectivity index (χ3v) is 7.87. The van der Waals surface area contributed by atoms with Gasteiger partial charge in [0.15, 0.2) is 0 Å². The topological polar surface area (TPSA) is 123 Å². The first-order valence-corrected chi connectivity index (χ1v) is 13.1. The van der Waals surface area contributed by atoms with E-state index < -0.39 is 20.7 Å². The zero-order chi connectivity index (χ0) is 25.9. The molecule has 0 saturated heterocycles. The molecular formula is C25H29FN4O5S. The molecule has 9 nitrogen and oxygen atoms in total. The number of aliphatic hydroxyl groups excluding tert-OH is 1. The van der Waals surface area contributed by atoms with Crippen LogP contribution in [0.2, 0.25) is 0 Å². The lowest BCUT2D eigenvalue weighted by molar-refractivity contribution is -0.146. The molecule has 2 aromatic carbocycles. The Kier molecular flexibility index (Phi) is 7.72. The first-order valence-electron chi connectivity index (χ1n) is 11.6. The van der Waals surface area contributed by atoms with Crippen molar-refractivity contribution in [3.63, 3.8) is 0 Å². The van der Waals surface area contributed by atoms with Crippen molar-refractivity contribution in [3.8, 4) is 0 Å². The molecule has 1 fully saturated rings. The van der Waals surface area contributed by atoms with Crippen LogP contribution in [0.3, 0.4) is 0 Å². The molecule has 1 aliphatic carbocycles. The summed E-state index contributed by atoms with van der Waals surface area (Å²) < 4.78 is 48.7. The van der Waals surface area contributed by atoms with Gasteiger partial charge < -0.3 is 19.7 Å². The van der Waals surface area contributed by atoms with Gasteiger partial charge in [-0.3, -0.25) is 4.79 Å². The van der Waals surface area contributed by atoms with Gasteiger partial charge in [-0.2, -0.15) is 0 Å². The van der Waals surface area contributed by atoms with E-state index in [0.717, 1.165) is 17.1 Å². The van der Waals surface area contributed by atoms with E-state index in [9.17, 15) is 22.7 Å². The number of hydrogen-bond donors (Lipinski definition) is 3. The second-order valence-corrected chi connectivity index (χ2v) is 10.5. The van der Waals surface area contributed by atoms with Crippen LogP contribution in [0.25, 0.3) is 11.0 Å². The highest BCUT2D eigenvalue weighted by atomic mass is 32.2. The van der Waals surface area contributed by atoms with Gasteiger partial charge in [0, 0.05) is 18.3 Å². The number of anilines is 2. The Morgan fingerprint density at radius 2 is 2.00 bits per heavy atom. The summed E-state index contributed by atoms with van der Waals surface area (Å²) >= 11 is 0. The maximum atomic E-state index is 14.4. The number of ether oxygens (including phenoxy) is 1. The van der Waals surface area contributed by atoms with E-state index in [4.69, 9.17) is 9.72 Å². The highest BCUT2D eigenvalue weighted by Gasteiger charge is 2.30. The van der Waals surface area contributed by atoms with Crippen molar-refractivity contribution in [2.75, 3.05) is 19.0 Å². The standard InChI is InChI=1S/C25H29FN4O5S/c1-3-12-27-36(33,34)23-14-18(7-10-20(23)26)28-25-29-21-11-4-16(15-31)13-22(21)30(25)19-8-5-17(6-9-19)24(32)35-2/h3-4,7,10-11,13-14,17,19,27,31H,1,5-6,8-9,12,15H2,2H3,(H,28,29). The monoisotopic (exact) mass is 516 g/mol. The number of halogens is 1. The fourth-order valence-corrected chi connectivity index (χ4v) is 5.69. The Bertz CT molecular complexity index is 1380. The molecule has 0 amide bonds. The number of methoxy groups -OCH3 is 1. The van der Waals surface area contributed by atoms with E-state index in [-0.39, 0.29) is 31.1 Å². The molecule has 192 valence electrons. The minimum Gasteiger partial charge on any atom is -0.469 e. The van der Waals surface area contributed by atoms with E-state index in [2.05, 4.69) is 16.6 Å². The maximum absolute atomic E-state index is 14.4. The predicted octanol–water partition coefficient (Wildman–Crippen LogP) is 3.78. The number of sulfonamides is 1. The van der Waals surface area contributed by atoms with E-state index in [0.29, 0.717) is 42.8 Å². The number of carbonyl (C=O) groups excluding carboxylic acids is 1. The first kappa shape index (κ1) is 25.8. The molecule has 0 atom stereocenters. The van der Waals surface area contributed by atoms with Gasteiger partial charge in [-0.1, -0.05) is 12.1 Å². The lowest BCUT2D eigenvalue weighted by atomic mass is 9.86. The van der Waals surface area contributed by atoms with Crippen LogP contribution in [0, 0.1) is 11.7 Å². The van der Waals surface area contributed by atoms with E-state index in [1.165, 1.54) is 25.3 Å². The van der Waals surface area contributed by atoms with Gasteiger partial charge in [-0.25, -0.2) is 22.5 Å². The molecule has 36 heavy (non-hydrogen) atoms. The summed E-state index contributed by atoms with van der Waals surface area (Å²) in [4.78, 5) is 16.2. The molecule has 1 heterocycles. The number of imidazole rings is 1. The van der Waals surface area contributed by atoms with Gasteiger partial charge in [-0.05, 0) is 61.6 Å². The van der Waals surface area contributed by atoms with Gasteiger partial charge >= 0.3 is 5.97 Å². The summed E-state index contributed by atoms with van der Waals surface area (Å²) in [5.74, 6) is -0.789. The summed E-state index contributed by atoms with van der Waals surface area (Å²) in [6.07, 6.45) is 4.10. The molecule has 4 rings (SSSR count). The quantitative estimate of drug-likeness (QED) is 0.292. The van der Waals surface area contributed by atoms with Gasteiger partial charge in [0.2, 0.25) is 16.0 Å². The Labute approximate surface area is 209 Å². The molecule has 0 unspecified atom stereocenters. The van der Waals surface area contributed by atoms with Crippen LogP contribution in [-0.4, -0.2) is 42.7 Å². The average molecular weight is 517 g/mol. The Hall–Kier alpha value is -3.28. The van der Waals surface area contributed by atoms with Crippen molar-refractivity contribution in [1.82, 2.24) is 14.3 Å². The lowest BCUT2D eigenvalue weighted by Crippen LogP contribution is -2.25. The number of carbonyl (C=O) groups is 1. The van der Waals surface area contributed by atoms with Crippen LogP contribution < -0.4 is 10.0 Å². The van der Waals surface area contributed by atoms with Crippen LogP contribution in [0.1, 0.15) is 37.3 Å². The third kappa shape index (κ3) is 5.28. The summed E-state index contributed by atoms with van der Waals surface area (Å²) in [7, 11) is -2.69. The Balaban J connectivity index is 1.71. The third-order valence-electron chi connectivity index (χ3n) is 6.43. The second-order valence-electron chi connectivity index (χ2n) is 8.73. The van der Waals surface area contributed by atoms with Gasteiger partial charge in [-0.15, -0.1) is 6.58 Å². The largest absolute Gasteiger partial charge is 0.469 e. The number of fused-ring (bicyclic) bond motifs is 1. The van der Waals surface area contributed by atoms with Crippen LogP contribution in [0.5, 0.6) is 0 Å². The summed E-state index contributed by atoms with van der Waals surface area (Å²) in [5, 5.41) is 12.8. The minimum atomic E-state index is -4.08. The molecule has 1 saturated carbocycles. The molecule has 1 aliphatic rings. The number of aromatic nitrogens is 2. The molecule has 3 N–H and O–H groups in total. The van der Waals surface area contributed by atoms with Crippen LogP contribution >= 0.6 is 0 Å². The zero-order valence-corrected chi connectivity index (χ0v) is 20.7. The summed E-state index contributed by atoms with van der Waals surface area (Å²) in [6.45, 7) is 3.31.